The number of nitrogens with zero attached hydrogens (tertiary/aromatic N) is 2. The molecular weight excluding hydrogens is 466 g/mol. The fourth-order valence-electron chi connectivity index (χ4n) is 5.73. The Bertz CT molecular complexity index is 1120. The van der Waals surface area contributed by atoms with E-state index >= 15 is 0 Å². The van der Waals surface area contributed by atoms with Crippen molar-refractivity contribution in [3.63, 3.8) is 0 Å². The van der Waals surface area contributed by atoms with Gasteiger partial charge in [0.2, 0.25) is 5.91 Å². The molecule has 4 heteroatoms. The highest BCUT2D eigenvalue weighted by Crippen LogP contribution is 2.45. The minimum atomic E-state index is -0.0591. The second-order valence-electron chi connectivity index (χ2n) is 10.4. The van der Waals surface area contributed by atoms with Gasteiger partial charge in [0.15, 0.2) is 0 Å². The van der Waals surface area contributed by atoms with E-state index in [0.29, 0.717) is 0 Å². The molecule has 0 spiro atoms. The van der Waals surface area contributed by atoms with Gasteiger partial charge < -0.3 is 5.32 Å². The van der Waals surface area contributed by atoms with Crippen LogP contribution in [0.25, 0.3) is 6.08 Å². The third kappa shape index (κ3) is 7.52. The molecule has 1 saturated heterocycles. The number of hydrogen-bond donors (Lipinski definition) is 1. The lowest BCUT2D eigenvalue weighted by Gasteiger charge is -2.49. The number of amides is 1. The Morgan fingerprint density at radius 1 is 0.947 bits per heavy atom. The number of pyridine rings is 1. The van der Waals surface area contributed by atoms with Crippen molar-refractivity contribution in [2.24, 2.45) is 5.92 Å². The Hall–Kier alpha value is -3.50. The molecule has 1 fully saturated rings. The molecule has 2 heterocycles. The van der Waals surface area contributed by atoms with Crippen molar-refractivity contribution >= 4 is 12.0 Å². The number of rotatable bonds is 12. The zero-order valence-electron chi connectivity index (χ0n) is 22.6. The van der Waals surface area contributed by atoms with Gasteiger partial charge in [-0.2, -0.15) is 0 Å². The number of carbonyl (C=O) groups excluding carboxylic acids is 1. The van der Waals surface area contributed by atoms with Crippen LogP contribution in [0.5, 0.6) is 0 Å². The van der Waals surface area contributed by atoms with Crippen molar-refractivity contribution < 1.29 is 4.79 Å². The van der Waals surface area contributed by atoms with Gasteiger partial charge in [-0.15, -0.1) is 0 Å². The molecule has 4 rings (SSSR count). The van der Waals surface area contributed by atoms with Gasteiger partial charge in [-0.3, -0.25) is 14.7 Å². The van der Waals surface area contributed by atoms with Gasteiger partial charge in [0, 0.05) is 25.0 Å². The highest BCUT2D eigenvalue weighted by Gasteiger charge is 2.42. The number of likely N-dealkylation sites (tertiary alicyclic amines) is 1. The highest BCUT2D eigenvalue weighted by molar-refractivity contribution is 5.87. The Kier molecular flexibility index (Phi) is 10.5. The highest BCUT2D eigenvalue weighted by atomic mass is 16.1. The second kappa shape index (κ2) is 14.4. The van der Waals surface area contributed by atoms with Crippen molar-refractivity contribution in [3.05, 3.63) is 120 Å². The molecule has 38 heavy (non-hydrogen) atoms. The summed E-state index contributed by atoms with van der Waals surface area (Å²) < 4.78 is 0. The molecule has 1 atom stereocenters. The largest absolute Gasteiger partial charge is 0.353 e. The summed E-state index contributed by atoms with van der Waals surface area (Å²) in [7, 11) is 2.29. The molecule has 1 aliphatic rings. The molecule has 2 aromatic carbocycles. The van der Waals surface area contributed by atoms with Crippen molar-refractivity contribution in [3.8, 4) is 0 Å². The van der Waals surface area contributed by atoms with E-state index in [0.717, 1.165) is 43.8 Å². The van der Waals surface area contributed by atoms with E-state index in [1.807, 2.05) is 24.3 Å². The summed E-state index contributed by atoms with van der Waals surface area (Å²) >= 11 is 0. The Morgan fingerprint density at radius 3 is 2.34 bits per heavy atom. The van der Waals surface area contributed by atoms with Gasteiger partial charge >= 0.3 is 0 Å². The van der Waals surface area contributed by atoms with Crippen LogP contribution in [-0.4, -0.2) is 35.9 Å². The molecule has 4 nitrogen and oxygen atoms in total. The van der Waals surface area contributed by atoms with Gasteiger partial charge in [-0.1, -0.05) is 111 Å². The minimum absolute atomic E-state index is 0.0367. The molecule has 1 aromatic heterocycles. The van der Waals surface area contributed by atoms with E-state index in [1.54, 1.807) is 24.5 Å². The lowest BCUT2D eigenvalue weighted by atomic mass is 9.70. The zero-order chi connectivity index (χ0) is 26.5. The van der Waals surface area contributed by atoms with E-state index < -0.39 is 0 Å². The molecule has 1 aliphatic heterocycles. The fourth-order valence-corrected chi connectivity index (χ4v) is 5.73. The van der Waals surface area contributed by atoms with E-state index in [4.69, 9.17) is 0 Å². The average molecular weight is 508 g/mol. The number of carbonyl (C=O) groups is 1. The van der Waals surface area contributed by atoms with Crippen LogP contribution in [0.15, 0.2) is 103 Å². The molecule has 1 amide bonds. The second-order valence-corrected chi connectivity index (χ2v) is 10.4. The van der Waals surface area contributed by atoms with Crippen molar-refractivity contribution in [2.45, 2.75) is 50.5 Å². The number of hydrogen-bond acceptors (Lipinski definition) is 3. The summed E-state index contributed by atoms with van der Waals surface area (Å²) in [6.45, 7) is 1.85. The monoisotopic (exact) mass is 507 g/mol. The summed E-state index contributed by atoms with van der Waals surface area (Å²) in [4.78, 5) is 18.7. The van der Waals surface area contributed by atoms with Gasteiger partial charge in [-0.25, -0.2) is 0 Å². The molecule has 0 bridgehead atoms. The first kappa shape index (κ1) is 27.5. The summed E-state index contributed by atoms with van der Waals surface area (Å²) in [5.74, 6) is 0.682. The zero-order valence-corrected chi connectivity index (χ0v) is 22.6. The average Bonchev–Trinajstić information content (AvgIpc) is 2.97. The molecule has 3 aromatic rings. The van der Waals surface area contributed by atoms with E-state index in [2.05, 4.69) is 82.9 Å². The lowest BCUT2D eigenvalue weighted by Crippen LogP contribution is -2.50. The molecule has 198 valence electrons. The first-order chi connectivity index (χ1) is 18.7. The number of unbranched alkanes of at least 4 members (excludes halogenated alkanes) is 3. The van der Waals surface area contributed by atoms with Crippen LogP contribution in [0.4, 0.5) is 0 Å². The predicted octanol–water partition coefficient (Wildman–Crippen LogP) is 7.00. The van der Waals surface area contributed by atoms with Gasteiger partial charge in [0.1, 0.15) is 0 Å². The summed E-state index contributed by atoms with van der Waals surface area (Å²) in [6, 6.07) is 26.0. The Labute approximate surface area is 228 Å². The quantitative estimate of drug-likeness (QED) is 0.163. The summed E-state index contributed by atoms with van der Waals surface area (Å²) in [5.41, 5.74) is 3.76. The topological polar surface area (TPSA) is 45.2 Å². The minimum Gasteiger partial charge on any atom is -0.353 e. The van der Waals surface area contributed by atoms with Crippen molar-refractivity contribution in [1.29, 1.82) is 0 Å². The van der Waals surface area contributed by atoms with Crippen LogP contribution in [0, 0.1) is 5.92 Å². The summed E-state index contributed by atoms with van der Waals surface area (Å²) in [5, 5.41) is 3.00. The Balaban J connectivity index is 1.19. The first-order valence-electron chi connectivity index (χ1n) is 14.0. The van der Waals surface area contributed by atoms with Crippen molar-refractivity contribution in [2.75, 3.05) is 20.1 Å². The SMILES string of the molecule is CN1CCC(CCCCCCNC(=O)C=CC=Cc2cccnc2)CC1(c1ccccc1)c1ccccc1. The van der Waals surface area contributed by atoms with Crippen molar-refractivity contribution in [1.82, 2.24) is 15.2 Å². The van der Waals surface area contributed by atoms with E-state index in [9.17, 15) is 4.79 Å². The van der Waals surface area contributed by atoms with Crippen LogP contribution >= 0.6 is 0 Å². The molecule has 0 saturated carbocycles. The number of nitrogens with one attached hydrogen (secondary N) is 1. The number of aromatic nitrogens is 1. The van der Waals surface area contributed by atoms with Crippen LogP contribution in [0.2, 0.25) is 0 Å². The third-order valence-corrected chi connectivity index (χ3v) is 7.78. The summed E-state index contributed by atoms with van der Waals surface area (Å²) in [6.07, 6.45) is 19.0. The maximum absolute atomic E-state index is 12.0. The molecule has 0 radical (unpaired) electrons. The van der Waals surface area contributed by atoms with Crippen LogP contribution < -0.4 is 5.32 Å². The molecule has 0 aliphatic carbocycles. The lowest BCUT2D eigenvalue weighted by molar-refractivity contribution is -0.116. The van der Waals surface area contributed by atoms with Gasteiger partial charge in [0.05, 0.1) is 5.54 Å². The first-order valence-corrected chi connectivity index (χ1v) is 14.0. The van der Waals surface area contributed by atoms with Gasteiger partial charge in [-0.05, 0) is 61.5 Å². The molecular formula is C34H41N3O. The number of allylic oxidation sites excluding steroid dienone is 2. The van der Waals surface area contributed by atoms with Gasteiger partial charge in [0.25, 0.3) is 0 Å². The number of piperidine rings is 1. The van der Waals surface area contributed by atoms with E-state index in [-0.39, 0.29) is 11.4 Å². The van der Waals surface area contributed by atoms with Crippen LogP contribution in [0.3, 0.4) is 0 Å². The standard InChI is InChI=1S/C34H41N3O/c1-37-26-23-29(27-34(37,31-18-7-4-8-19-31)32-20-9-5-10-21-32)15-6-2-3-13-25-36-33(38)22-12-11-16-30-17-14-24-35-28-30/h4-5,7-12,14,16-22,24,28-29H,2-3,6,13,15,23,25-27H2,1H3,(H,36,38). The Morgan fingerprint density at radius 2 is 1.66 bits per heavy atom. The maximum Gasteiger partial charge on any atom is 0.243 e. The molecule has 1 N–H and O–H groups in total. The van der Waals surface area contributed by atoms with Crippen LogP contribution in [-0.2, 0) is 10.3 Å². The predicted molar refractivity (Wildman–Crippen MR) is 158 cm³/mol. The number of benzene rings is 2. The van der Waals surface area contributed by atoms with Crippen LogP contribution in [0.1, 0.15) is 61.6 Å². The smallest absolute Gasteiger partial charge is 0.243 e. The molecule has 1 unspecified atom stereocenters. The van der Waals surface area contributed by atoms with E-state index in [1.165, 1.54) is 36.8 Å². The third-order valence-electron chi connectivity index (χ3n) is 7.78. The fraction of sp³-hybridized carbons (Fsp3) is 0.353. The maximum atomic E-state index is 12.0. The normalized spacial score (nSPS) is 17.7.